The summed E-state index contributed by atoms with van der Waals surface area (Å²) in [6, 6.07) is 5.65. The van der Waals surface area contributed by atoms with Crippen LogP contribution in [0.3, 0.4) is 0 Å². The van der Waals surface area contributed by atoms with E-state index < -0.39 is 0 Å². The molecular weight excluding hydrogens is 291 g/mol. The number of halogens is 1. The lowest BCUT2D eigenvalue weighted by atomic mass is 10.0. The van der Waals surface area contributed by atoms with Gasteiger partial charge in [-0.25, -0.2) is 9.37 Å². The van der Waals surface area contributed by atoms with E-state index in [1.807, 2.05) is 13.0 Å². The van der Waals surface area contributed by atoms with Gasteiger partial charge >= 0.3 is 0 Å². The number of nitrogens with zero attached hydrogens (tertiary/aromatic N) is 1. The van der Waals surface area contributed by atoms with Gasteiger partial charge in [0.2, 0.25) is 0 Å². The molecule has 2 aromatic rings. The van der Waals surface area contributed by atoms with Crippen LogP contribution in [0.1, 0.15) is 28.7 Å². The van der Waals surface area contributed by atoms with E-state index in [9.17, 15) is 4.39 Å². The lowest BCUT2D eigenvalue weighted by Gasteiger charge is -2.26. The molecule has 0 saturated carbocycles. The fourth-order valence-electron chi connectivity index (χ4n) is 2.50. The summed E-state index contributed by atoms with van der Waals surface area (Å²) in [5.74, 6) is 0.885. The smallest absolute Gasteiger partial charge is 0.137 e. The minimum Gasteiger partial charge on any atom is -0.309 e. The molecule has 106 valence electrons. The molecule has 0 spiro atoms. The third kappa shape index (κ3) is 3.05. The molecule has 0 amide bonds. The minimum atomic E-state index is -0.0888. The zero-order valence-electron chi connectivity index (χ0n) is 11.4. The predicted octanol–water partition coefficient (Wildman–Crippen LogP) is 3.96. The van der Waals surface area contributed by atoms with Crippen molar-refractivity contribution in [2.45, 2.75) is 30.7 Å². The fraction of sp³-hybridized carbons (Fsp3) is 0.400. The van der Waals surface area contributed by atoms with Crippen LogP contribution in [0.25, 0.3) is 0 Å². The maximum absolute atomic E-state index is 13.8. The lowest BCUT2D eigenvalue weighted by Crippen LogP contribution is -2.27. The third-order valence-corrected chi connectivity index (χ3v) is 5.45. The Morgan fingerprint density at radius 2 is 2.35 bits per heavy atom. The van der Waals surface area contributed by atoms with Crippen LogP contribution in [0.4, 0.5) is 4.39 Å². The summed E-state index contributed by atoms with van der Waals surface area (Å²) in [5.41, 5.74) is 2.25. The highest BCUT2D eigenvalue weighted by Gasteiger charge is 2.22. The molecule has 0 fully saturated rings. The first-order valence-electron chi connectivity index (χ1n) is 6.79. The van der Waals surface area contributed by atoms with E-state index >= 15 is 0 Å². The normalized spacial score (nSPS) is 18.0. The SMILES string of the molecule is Cc1nc(CCNC2CCSc3c(F)cccc32)cs1. The van der Waals surface area contributed by atoms with Crippen molar-refractivity contribution in [2.24, 2.45) is 0 Å². The average molecular weight is 308 g/mol. The molecule has 1 aromatic carbocycles. The van der Waals surface area contributed by atoms with Crippen LogP contribution in [0.15, 0.2) is 28.5 Å². The van der Waals surface area contributed by atoms with Crippen molar-refractivity contribution >= 4 is 23.1 Å². The number of aromatic nitrogens is 1. The van der Waals surface area contributed by atoms with E-state index in [2.05, 4.69) is 15.7 Å². The van der Waals surface area contributed by atoms with Gasteiger partial charge in [0.1, 0.15) is 5.82 Å². The van der Waals surface area contributed by atoms with Gasteiger partial charge in [-0.2, -0.15) is 0 Å². The molecule has 5 heteroatoms. The van der Waals surface area contributed by atoms with Gasteiger partial charge in [-0.3, -0.25) is 0 Å². The Kier molecular flexibility index (Phi) is 4.38. The maximum atomic E-state index is 13.8. The molecule has 1 aromatic heterocycles. The van der Waals surface area contributed by atoms with E-state index in [1.165, 1.54) is 0 Å². The molecule has 2 nitrogen and oxygen atoms in total. The number of thiazole rings is 1. The first kappa shape index (κ1) is 14.0. The van der Waals surface area contributed by atoms with Crippen LogP contribution in [-0.2, 0) is 6.42 Å². The fourth-order valence-corrected chi connectivity index (χ4v) is 4.28. The molecular formula is C15H17FN2S2. The number of aryl methyl sites for hydroxylation is 1. The molecule has 1 aliphatic heterocycles. The van der Waals surface area contributed by atoms with Crippen molar-refractivity contribution < 1.29 is 4.39 Å². The molecule has 3 rings (SSSR count). The second kappa shape index (κ2) is 6.24. The molecule has 20 heavy (non-hydrogen) atoms. The van der Waals surface area contributed by atoms with E-state index in [4.69, 9.17) is 0 Å². The van der Waals surface area contributed by atoms with Gasteiger partial charge in [0.25, 0.3) is 0 Å². The molecule has 0 radical (unpaired) electrons. The Balaban J connectivity index is 1.63. The standard InChI is InChI=1S/C15H17FN2S2/c1-10-18-11(9-20-10)5-7-17-14-6-8-19-15-12(14)3-2-4-13(15)16/h2-4,9,14,17H,5-8H2,1H3. The van der Waals surface area contributed by atoms with Crippen LogP contribution in [-0.4, -0.2) is 17.3 Å². The molecule has 2 heterocycles. The van der Waals surface area contributed by atoms with Crippen LogP contribution in [0.5, 0.6) is 0 Å². The number of rotatable bonds is 4. The largest absolute Gasteiger partial charge is 0.309 e. The molecule has 0 saturated heterocycles. The number of benzene rings is 1. The van der Waals surface area contributed by atoms with Crippen molar-refractivity contribution in [3.8, 4) is 0 Å². The minimum absolute atomic E-state index is 0.0888. The van der Waals surface area contributed by atoms with Gasteiger partial charge in [-0.1, -0.05) is 12.1 Å². The van der Waals surface area contributed by atoms with E-state index in [0.29, 0.717) is 0 Å². The maximum Gasteiger partial charge on any atom is 0.137 e. The summed E-state index contributed by atoms with van der Waals surface area (Å²) in [5, 5.41) is 6.77. The van der Waals surface area contributed by atoms with E-state index in [0.717, 1.165) is 46.3 Å². The van der Waals surface area contributed by atoms with Gasteiger partial charge < -0.3 is 5.32 Å². The molecule has 1 atom stereocenters. The highest BCUT2D eigenvalue weighted by atomic mass is 32.2. The quantitative estimate of drug-likeness (QED) is 0.925. The summed E-state index contributed by atoms with van der Waals surface area (Å²) < 4.78 is 13.8. The summed E-state index contributed by atoms with van der Waals surface area (Å²) in [4.78, 5) is 5.29. The number of hydrogen-bond donors (Lipinski definition) is 1. The summed E-state index contributed by atoms with van der Waals surface area (Å²) in [6.45, 7) is 2.91. The zero-order valence-corrected chi connectivity index (χ0v) is 13.0. The monoisotopic (exact) mass is 308 g/mol. The zero-order chi connectivity index (χ0) is 13.9. The number of nitrogens with one attached hydrogen (secondary N) is 1. The van der Waals surface area contributed by atoms with E-state index in [1.54, 1.807) is 35.2 Å². The van der Waals surface area contributed by atoms with Crippen molar-refractivity contribution in [3.63, 3.8) is 0 Å². The Bertz CT molecular complexity index is 597. The molecule has 1 aliphatic rings. The van der Waals surface area contributed by atoms with Gasteiger partial charge in [-0.15, -0.1) is 23.1 Å². The number of fused-ring (bicyclic) bond motifs is 1. The Morgan fingerprint density at radius 1 is 1.45 bits per heavy atom. The van der Waals surface area contributed by atoms with Crippen LogP contribution in [0.2, 0.25) is 0 Å². The van der Waals surface area contributed by atoms with Crippen molar-refractivity contribution in [1.82, 2.24) is 10.3 Å². The molecule has 1 unspecified atom stereocenters. The number of thioether (sulfide) groups is 1. The Labute approximate surface area is 126 Å². The van der Waals surface area contributed by atoms with Crippen LogP contribution in [0, 0.1) is 12.7 Å². The molecule has 1 N–H and O–H groups in total. The second-order valence-corrected chi connectivity index (χ2v) is 7.08. The Hall–Kier alpha value is -0.910. The van der Waals surface area contributed by atoms with Gasteiger partial charge in [0.05, 0.1) is 10.7 Å². The lowest BCUT2D eigenvalue weighted by molar-refractivity contribution is 0.499. The van der Waals surface area contributed by atoms with Crippen LogP contribution < -0.4 is 5.32 Å². The van der Waals surface area contributed by atoms with Gasteiger partial charge in [0.15, 0.2) is 0 Å². The van der Waals surface area contributed by atoms with Crippen molar-refractivity contribution in [1.29, 1.82) is 0 Å². The van der Waals surface area contributed by atoms with Crippen molar-refractivity contribution in [3.05, 3.63) is 45.7 Å². The van der Waals surface area contributed by atoms with Gasteiger partial charge in [-0.05, 0) is 30.7 Å². The summed E-state index contributed by atoms with van der Waals surface area (Å²) in [6.07, 6.45) is 1.98. The summed E-state index contributed by atoms with van der Waals surface area (Å²) >= 11 is 3.32. The first-order valence-corrected chi connectivity index (χ1v) is 8.66. The van der Waals surface area contributed by atoms with Gasteiger partial charge in [0, 0.05) is 29.3 Å². The van der Waals surface area contributed by atoms with Crippen LogP contribution >= 0.6 is 23.1 Å². The van der Waals surface area contributed by atoms with E-state index in [-0.39, 0.29) is 11.9 Å². The number of hydrogen-bond acceptors (Lipinski definition) is 4. The first-order chi connectivity index (χ1) is 9.74. The average Bonchev–Trinajstić information content (AvgIpc) is 2.86. The summed E-state index contributed by atoms with van der Waals surface area (Å²) in [7, 11) is 0. The molecule has 0 aliphatic carbocycles. The topological polar surface area (TPSA) is 24.9 Å². The van der Waals surface area contributed by atoms with Crippen molar-refractivity contribution in [2.75, 3.05) is 12.3 Å². The highest BCUT2D eigenvalue weighted by molar-refractivity contribution is 7.99. The third-order valence-electron chi connectivity index (χ3n) is 3.46. The Morgan fingerprint density at radius 3 is 3.15 bits per heavy atom. The molecule has 0 bridgehead atoms. The second-order valence-electron chi connectivity index (χ2n) is 4.91. The highest BCUT2D eigenvalue weighted by Crippen LogP contribution is 2.37. The predicted molar refractivity (Wildman–Crippen MR) is 83.0 cm³/mol.